The number of anilines is 1. The molecule has 3 aromatic rings. The van der Waals surface area contributed by atoms with Crippen LogP contribution in [-0.2, 0) is 0 Å². The van der Waals surface area contributed by atoms with Gasteiger partial charge >= 0.3 is 0 Å². The molecule has 0 saturated heterocycles. The van der Waals surface area contributed by atoms with E-state index in [0.717, 1.165) is 22.5 Å². The van der Waals surface area contributed by atoms with Crippen LogP contribution in [0.1, 0.15) is 30.4 Å². The summed E-state index contributed by atoms with van der Waals surface area (Å²) in [4.78, 5) is 21.8. The molecule has 152 valence electrons. The zero-order valence-corrected chi connectivity index (χ0v) is 18.4. The van der Waals surface area contributed by atoms with E-state index in [1.54, 1.807) is 29.0 Å². The molecular formula is C19H26ClN5O2S. The molecule has 0 fully saturated rings. The normalized spacial score (nSPS) is 11.1. The van der Waals surface area contributed by atoms with Crippen LogP contribution in [0.3, 0.4) is 0 Å². The van der Waals surface area contributed by atoms with E-state index in [2.05, 4.69) is 10.00 Å². The topological polar surface area (TPSA) is 63.5 Å². The molecule has 28 heavy (non-hydrogen) atoms. The number of ether oxygens (including phenoxy) is 1. The Bertz CT molecular complexity index is 937. The summed E-state index contributed by atoms with van der Waals surface area (Å²) in [5.41, 5.74) is 1.43. The summed E-state index contributed by atoms with van der Waals surface area (Å²) in [6, 6.07) is 7.62. The van der Waals surface area contributed by atoms with Gasteiger partial charge in [-0.05, 0) is 52.2 Å². The lowest BCUT2D eigenvalue weighted by Gasteiger charge is -2.22. The van der Waals surface area contributed by atoms with Crippen LogP contribution in [0.4, 0.5) is 5.13 Å². The van der Waals surface area contributed by atoms with Gasteiger partial charge in [-0.2, -0.15) is 5.10 Å². The number of amides is 1. The van der Waals surface area contributed by atoms with Gasteiger partial charge in [0.1, 0.15) is 11.4 Å². The first-order valence-corrected chi connectivity index (χ1v) is 9.67. The molecule has 2 heterocycles. The van der Waals surface area contributed by atoms with Gasteiger partial charge in [-0.25, -0.2) is 4.98 Å². The number of thiazole rings is 1. The van der Waals surface area contributed by atoms with E-state index in [1.807, 2.05) is 46.1 Å². The SMILES string of the molecule is COc1ccc2nc(N(CCN(C)C)C(=O)c3ccnn3C(C)C)sc2c1.Cl. The zero-order valence-electron chi connectivity index (χ0n) is 16.7. The molecule has 0 aliphatic rings. The Kier molecular flexibility index (Phi) is 7.40. The van der Waals surface area contributed by atoms with Crippen molar-refractivity contribution < 1.29 is 9.53 Å². The van der Waals surface area contributed by atoms with Crippen molar-refractivity contribution in [2.75, 3.05) is 39.2 Å². The van der Waals surface area contributed by atoms with Crippen LogP contribution in [0.15, 0.2) is 30.5 Å². The number of carbonyl (C=O) groups is 1. The molecule has 1 aromatic carbocycles. The monoisotopic (exact) mass is 423 g/mol. The average Bonchev–Trinajstić information content (AvgIpc) is 3.27. The summed E-state index contributed by atoms with van der Waals surface area (Å²) in [6.07, 6.45) is 1.67. The highest BCUT2D eigenvalue weighted by molar-refractivity contribution is 7.22. The van der Waals surface area contributed by atoms with Crippen molar-refractivity contribution in [3.05, 3.63) is 36.2 Å². The number of aromatic nitrogens is 3. The number of nitrogens with zero attached hydrogens (tertiary/aromatic N) is 5. The Morgan fingerprint density at radius 1 is 1.25 bits per heavy atom. The van der Waals surface area contributed by atoms with Gasteiger partial charge < -0.3 is 9.64 Å². The lowest BCUT2D eigenvalue weighted by Crippen LogP contribution is -2.38. The minimum Gasteiger partial charge on any atom is -0.497 e. The van der Waals surface area contributed by atoms with E-state index in [4.69, 9.17) is 9.72 Å². The highest BCUT2D eigenvalue weighted by atomic mass is 35.5. The summed E-state index contributed by atoms with van der Waals surface area (Å²) in [7, 11) is 5.62. The second kappa shape index (κ2) is 9.36. The number of carbonyl (C=O) groups excluding carboxylic acids is 1. The standard InChI is InChI=1S/C19H25N5O2S.ClH/c1-13(2)24-16(8-9-20-24)18(25)23(11-10-22(3)4)19-21-15-7-6-14(26-5)12-17(15)27-19;/h6-9,12-13H,10-11H2,1-5H3;1H. The molecule has 0 spiro atoms. The number of methoxy groups -OCH3 is 1. The van der Waals surface area contributed by atoms with Gasteiger partial charge in [0.05, 0.1) is 17.3 Å². The average molecular weight is 424 g/mol. The van der Waals surface area contributed by atoms with Gasteiger partial charge in [0.2, 0.25) is 0 Å². The molecule has 2 aromatic heterocycles. The molecular weight excluding hydrogens is 398 g/mol. The summed E-state index contributed by atoms with van der Waals surface area (Å²) in [5.74, 6) is 0.691. The van der Waals surface area contributed by atoms with Gasteiger partial charge in [-0.3, -0.25) is 14.4 Å². The zero-order chi connectivity index (χ0) is 19.6. The lowest BCUT2D eigenvalue weighted by atomic mass is 10.3. The van der Waals surface area contributed by atoms with Crippen molar-refractivity contribution in [1.29, 1.82) is 0 Å². The van der Waals surface area contributed by atoms with Crippen molar-refractivity contribution >= 4 is 45.0 Å². The highest BCUT2D eigenvalue weighted by Gasteiger charge is 2.25. The summed E-state index contributed by atoms with van der Waals surface area (Å²) in [6.45, 7) is 5.31. The molecule has 9 heteroatoms. The van der Waals surface area contributed by atoms with Crippen molar-refractivity contribution in [2.24, 2.45) is 0 Å². The molecule has 0 aliphatic heterocycles. The third kappa shape index (κ3) is 4.63. The van der Waals surface area contributed by atoms with Crippen LogP contribution in [-0.4, -0.2) is 59.9 Å². The van der Waals surface area contributed by atoms with E-state index in [9.17, 15) is 4.79 Å². The van der Waals surface area contributed by atoms with E-state index >= 15 is 0 Å². The fourth-order valence-corrected chi connectivity index (χ4v) is 3.77. The molecule has 1 amide bonds. The first kappa shape index (κ1) is 22.1. The maximum atomic E-state index is 13.3. The quantitative estimate of drug-likeness (QED) is 0.579. The van der Waals surface area contributed by atoms with Crippen LogP contribution >= 0.6 is 23.7 Å². The largest absolute Gasteiger partial charge is 0.497 e. The van der Waals surface area contributed by atoms with E-state index in [-0.39, 0.29) is 24.4 Å². The molecule has 0 bridgehead atoms. The predicted octanol–water partition coefficient (Wildman–Crippen LogP) is 3.71. The Balaban J connectivity index is 0.00000280. The molecule has 0 saturated carbocycles. The predicted molar refractivity (Wildman–Crippen MR) is 116 cm³/mol. The maximum Gasteiger partial charge on any atom is 0.278 e. The van der Waals surface area contributed by atoms with Crippen molar-refractivity contribution in [3.63, 3.8) is 0 Å². The molecule has 0 N–H and O–H groups in total. The van der Waals surface area contributed by atoms with Crippen LogP contribution in [0, 0.1) is 0 Å². The van der Waals surface area contributed by atoms with Crippen LogP contribution in [0.5, 0.6) is 5.75 Å². The number of rotatable bonds is 7. The molecule has 0 aliphatic carbocycles. The molecule has 7 nitrogen and oxygen atoms in total. The van der Waals surface area contributed by atoms with E-state index in [1.165, 1.54) is 11.3 Å². The Hall–Kier alpha value is -2.16. The van der Waals surface area contributed by atoms with Crippen LogP contribution in [0.25, 0.3) is 10.2 Å². The minimum atomic E-state index is -0.0888. The fourth-order valence-electron chi connectivity index (χ4n) is 2.75. The first-order chi connectivity index (χ1) is 12.9. The number of halogens is 1. The molecule has 3 rings (SSSR count). The van der Waals surface area contributed by atoms with E-state index < -0.39 is 0 Å². The maximum absolute atomic E-state index is 13.3. The van der Waals surface area contributed by atoms with Crippen molar-refractivity contribution in [1.82, 2.24) is 19.7 Å². The van der Waals surface area contributed by atoms with Gasteiger partial charge in [0.25, 0.3) is 5.91 Å². The fraction of sp³-hybridized carbons (Fsp3) is 0.421. The first-order valence-electron chi connectivity index (χ1n) is 8.85. The second-order valence-electron chi connectivity index (χ2n) is 6.84. The van der Waals surface area contributed by atoms with Gasteiger partial charge in [-0.1, -0.05) is 11.3 Å². The third-order valence-corrected chi connectivity index (χ3v) is 5.25. The van der Waals surface area contributed by atoms with Gasteiger partial charge in [0, 0.05) is 25.3 Å². The van der Waals surface area contributed by atoms with Gasteiger partial charge in [-0.15, -0.1) is 12.4 Å². The number of likely N-dealkylation sites (N-methyl/N-ethyl adjacent to an activating group) is 1. The number of fused-ring (bicyclic) bond motifs is 1. The number of benzene rings is 1. The minimum absolute atomic E-state index is 0. The van der Waals surface area contributed by atoms with Crippen molar-refractivity contribution in [2.45, 2.75) is 19.9 Å². The van der Waals surface area contributed by atoms with Crippen LogP contribution < -0.4 is 9.64 Å². The third-order valence-electron chi connectivity index (χ3n) is 4.21. The smallest absolute Gasteiger partial charge is 0.278 e. The van der Waals surface area contributed by atoms with Crippen LogP contribution in [0.2, 0.25) is 0 Å². The number of hydrogen-bond donors (Lipinski definition) is 0. The molecule has 0 unspecified atom stereocenters. The van der Waals surface area contributed by atoms with Gasteiger partial charge in [0.15, 0.2) is 5.13 Å². The summed E-state index contributed by atoms with van der Waals surface area (Å²) in [5, 5.41) is 4.98. The number of hydrogen-bond acceptors (Lipinski definition) is 6. The summed E-state index contributed by atoms with van der Waals surface area (Å²) >= 11 is 1.49. The Morgan fingerprint density at radius 3 is 2.64 bits per heavy atom. The van der Waals surface area contributed by atoms with Crippen molar-refractivity contribution in [3.8, 4) is 5.75 Å². The van der Waals surface area contributed by atoms with E-state index in [0.29, 0.717) is 17.4 Å². The Labute approximate surface area is 175 Å². The highest BCUT2D eigenvalue weighted by Crippen LogP contribution is 2.32. The lowest BCUT2D eigenvalue weighted by molar-refractivity contribution is 0.0973. The second-order valence-corrected chi connectivity index (χ2v) is 7.85. The molecule has 0 radical (unpaired) electrons. The summed E-state index contributed by atoms with van der Waals surface area (Å²) < 4.78 is 8.04. The molecule has 0 atom stereocenters. The Morgan fingerprint density at radius 2 is 2.00 bits per heavy atom.